The minimum absolute atomic E-state index is 0.880. The van der Waals surface area contributed by atoms with Gasteiger partial charge in [0, 0.05) is 27.6 Å². The fourth-order valence-electron chi connectivity index (χ4n) is 1.43. The quantitative estimate of drug-likeness (QED) is 0.809. The normalized spacial score (nSPS) is 9.81. The van der Waals surface area contributed by atoms with Crippen LogP contribution in [-0.4, -0.2) is 6.21 Å². The van der Waals surface area contributed by atoms with Crippen LogP contribution in [-0.2, 0) is 0 Å². The first-order valence-corrected chi connectivity index (χ1v) is 5.71. The third-order valence-corrected chi connectivity index (χ3v) is 2.77. The van der Waals surface area contributed by atoms with Gasteiger partial charge in [0.2, 0.25) is 0 Å². The molecule has 0 aliphatic heterocycles. The summed E-state index contributed by atoms with van der Waals surface area (Å²) >= 11 is 3.40. The fraction of sp³-hybridized carbons (Fsp3) is 0. The van der Waals surface area contributed by atoms with E-state index >= 15 is 0 Å². The van der Waals surface area contributed by atoms with Crippen molar-refractivity contribution in [3.8, 4) is 0 Å². The van der Waals surface area contributed by atoms with Gasteiger partial charge in [0.05, 0.1) is 0 Å². The average Bonchev–Trinajstić information content (AvgIpc) is 2.33. The molecule has 0 unspecified atom stereocenters. The zero-order valence-electron chi connectivity index (χ0n) is 8.57. The fourth-order valence-corrected chi connectivity index (χ4v) is 1.69. The number of hydrogen-bond acceptors (Lipinski definition) is 2. The highest BCUT2D eigenvalue weighted by Crippen LogP contribution is 2.21. The lowest BCUT2D eigenvalue weighted by atomic mass is 10.2. The van der Waals surface area contributed by atoms with E-state index in [2.05, 4.69) is 21.2 Å². The molecule has 0 aliphatic rings. The molecule has 3 heteroatoms. The molecule has 2 nitrogen and oxygen atoms in total. The molecule has 2 rings (SSSR count). The maximum Gasteiger partial charge on any atom is 0.0473 e. The van der Waals surface area contributed by atoms with Gasteiger partial charge in [-0.3, -0.25) is 0 Å². The van der Waals surface area contributed by atoms with Crippen LogP contribution in [0.25, 0.3) is 0 Å². The Morgan fingerprint density at radius 3 is 2.38 bits per heavy atom. The predicted molar refractivity (Wildman–Crippen MR) is 71.8 cm³/mol. The highest BCUT2D eigenvalue weighted by atomic mass is 79.9. The van der Waals surface area contributed by atoms with Crippen molar-refractivity contribution >= 4 is 33.5 Å². The Labute approximate surface area is 103 Å². The summed E-state index contributed by atoms with van der Waals surface area (Å²) in [4.78, 5) is 0. The minimum atomic E-state index is 0.880. The number of nitrogens with one attached hydrogen (secondary N) is 2. The van der Waals surface area contributed by atoms with E-state index in [0.29, 0.717) is 0 Å². The molecule has 0 atom stereocenters. The lowest BCUT2D eigenvalue weighted by Gasteiger charge is -2.08. The van der Waals surface area contributed by atoms with E-state index in [9.17, 15) is 0 Å². The summed E-state index contributed by atoms with van der Waals surface area (Å²) in [6, 6.07) is 15.7. The van der Waals surface area contributed by atoms with Gasteiger partial charge in [0.1, 0.15) is 0 Å². The zero-order valence-corrected chi connectivity index (χ0v) is 10.2. The summed E-state index contributed by atoms with van der Waals surface area (Å²) in [5.74, 6) is 0. The van der Waals surface area contributed by atoms with Crippen LogP contribution in [0.3, 0.4) is 0 Å². The third kappa shape index (κ3) is 2.49. The maximum absolute atomic E-state index is 7.31. The molecule has 0 aromatic heterocycles. The van der Waals surface area contributed by atoms with Crippen molar-refractivity contribution in [1.82, 2.24) is 0 Å². The average molecular weight is 275 g/mol. The summed E-state index contributed by atoms with van der Waals surface area (Å²) < 4.78 is 1.05. The Morgan fingerprint density at radius 1 is 1.00 bits per heavy atom. The first-order chi connectivity index (χ1) is 7.79. The maximum atomic E-state index is 7.31. The molecule has 0 bridgehead atoms. The van der Waals surface area contributed by atoms with Gasteiger partial charge in [-0.15, -0.1) is 0 Å². The molecule has 0 saturated carbocycles. The Hall–Kier alpha value is -1.61. The molecule has 0 saturated heterocycles. The number of benzene rings is 2. The van der Waals surface area contributed by atoms with E-state index in [4.69, 9.17) is 5.41 Å². The van der Waals surface area contributed by atoms with Gasteiger partial charge in [0.25, 0.3) is 0 Å². The minimum Gasteiger partial charge on any atom is -0.355 e. The number of para-hydroxylation sites is 1. The van der Waals surface area contributed by atoms with Crippen LogP contribution in [0.15, 0.2) is 53.0 Å². The lowest BCUT2D eigenvalue weighted by molar-refractivity contribution is 1.50. The summed E-state index contributed by atoms with van der Waals surface area (Å²) in [6.07, 6.45) is 1.35. The smallest absolute Gasteiger partial charge is 0.0473 e. The van der Waals surface area contributed by atoms with E-state index in [-0.39, 0.29) is 0 Å². The van der Waals surface area contributed by atoms with Gasteiger partial charge in [-0.1, -0.05) is 34.1 Å². The number of rotatable bonds is 3. The van der Waals surface area contributed by atoms with Crippen LogP contribution in [0, 0.1) is 5.41 Å². The topological polar surface area (TPSA) is 35.9 Å². The molecule has 2 N–H and O–H groups in total. The standard InChI is InChI=1S/C13H11BrN2/c14-11-5-7-12(8-6-11)16-13-4-2-1-3-10(13)9-15/h1-9,15-16H. The van der Waals surface area contributed by atoms with Crippen LogP contribution in [0.1, 0.15) is 5.56 Å². The first kappa shape index (κ1) is 10.9. The second kappa shape index (κ2) is 4.94. The molecule has 0 spiro atoms. The second-order valence-electron chi connectivity index (χ2n) is 3.36. The van der Waals surface area contributed by atoms with Gasteiger partial charge in [0.15, 0.2) is 0 Å². The molecule has 2 aromatic carbocycles. The van der Waals surface area contributed by atoms with Crippen molar-refractivity contribution in [2.45, 2.75) is 0 Å². The lowest BCUT2D eigenvalue weighted by Crippen LogP contribution is -1.94. The van der Waals surface area contributed by atoms with Crippen molar-refractivity contribution in [2.75, 3.05) is 5.32 Å². The summed E-state index contributed by atoms with van der Waals surface area (Å²) in [6.45, 7) is 0. The van der Waals surface area contributed by atoms with Crippen LogP contribution >= 0.6 is 15.9 Å². The summed E-state index contributed by atoms with van der Waals surface area (Å²) in [7, 11) is 0. The van der Waals surface area contributed by atoms with Crippen LogP contribution < -0.4 is 5.32 Å². The van der Waals surface area contributed by atoms with Crippen molar-refractivity contribution in [3.05, 3.63) is 58.6 Å². The van der Waals surface area contributed by atoms with E-state index in [1.54, 1.807) is 0 Å². The molecule has 16 heavy (non-hydrogen) atoms. The van der Waals surface area contributed by atoms with Crippen LogP contribution in [0.2, 0.25) is 0 Å². The van der Waals surface area contributed by atoms with E-state index in [1.807, 2.05) is 48.5 Å². The van der Waals surface area contributed by atoms with E-state index in [1.165, 1.54) is 6.21 Å². The van der Waals surface area contributed by atoms with Gasteiger partial charge in [-0.05, 0) is 30.3 Å². The number of anilines is 2. The molecular formula is C13H11BrN2. The monoisotopic (exact) mass is 274 g/mol. The predicted octanol–water partition coefficient (Wildman–Crippen LogP) is 4.19. The van der Waals surface area contributed by atoms with Gasteiger partial charge in [-0.2, -0.15) is 0 Å². The Balaban J connectivity index is 2.26. The van der Waals surface area contributed by atoms with Gasteiger partial charge in [-0.25, -0.2) is 0 Å². The molecule has 0 amide bonds. The molecule has 0 heterocycles. The first-order valence-electron chi connectivity index (χ1n) is 4.92. The van der Waals surface area contributed by atoms with Crippen LogP contribution in [0.4, 0.5) is 11.4 Å². The Morgan fingerprint density at radius 2 is 1.69 bits per heavy atom. The molecular weight excluding hydrogens is 264 g/mol. The SMILES string of the molecule is N=Cc1ccccc1Nc1ccc(Br)cc1. The van der Waals surface area contributed by atoms with Crippen LogP contribution in [0.5, 0.6) is 0 Å². The summed E-state index contributed by atoms with van der Waals surface area (Å²) in [5, 5.41) is 10.6. The Kier molecular flexibility index (Phi) is 3.37. The van der Waals surface area contributed by atoms with Gasteiger partial charge >= 0.3 is 0 Å². The third-order valence-electron chi connectivity index (χ3n) is 2.24. The molecule has 0 fully saturated rings. The van der Waals surface area contributed by atoms with Crippen molar-refractivity contribution in [3.63, 3.8) is 0 Å². The van der Waals surface area contributed by atoms with E-state index in [0.717, 1.165) is 21.4 Å². The van der Waals surface area contributed by atoms with Crippen molar-refractivity contribution in [2.24, 2.45) is 0 Å². The highest BCUT2D eigenvalue weighted by molar-refractivity contribution is 9.10. The zero-order chi connectivity index (χ0) is 11.4. The van der Waals surface area contributed by atoms with Crippen molar-refractivity contribution in [1.29, 1.82) is 5.41 Å². The summed E-state index contributed by atoms with van der Waals surface area (Å²) in [5.41, 5.74) is 2.84. The Bertz CT molecular complexity index is 492. The molecule has 0 aliphatic carbocycles. The number of halogens is 1. The number of hydrogen-bond donors (Lipinski definition) is 2. The highest BCUT2D eigenvalue weighted by Gasteiger charge is 1.98. The molecule has 80 valence electrons. The largest absolute Gasteiger partial charge is 0.355 e. The molecule has 0 radical (unpaired) electrons. The molecule has 2 aromatic rings. The van der Waals surface area contributed by atoms with Crippen molar-refractivity contribution < 1.29 is 0 Å². The van der Waals surface area contributed by atoms with Gasteiger partial charge < -0.3 is 10.7 Å². The van der Waals surface area contributed by atoms with E-state index < -0.39 is 0 Å². The second-order valence-corrected chi connectivity index (χ2v) is 4.28.